The monoisotopic (exact) mass is 225 g/mol. The summed E-state index contributed by atoms with van der Waals surface area (Å²) in [6.45, 7) is 4.24. The van der Waals surface area contributed by atoms with Crippen LogP contribution < -0.4 is 0 Å². The highest BCUT2D eigenvalue weighted by molar-refractivity contribution is 5.31. The smallest absolute Gasteiger partial charge is 0.0300 e. The zero-order valence-electron chi connectivity index (χ0n) is 10.4. The van der Waals surface area contributed by atoms with Gasteiger partial charge in [-0.25, -0.2) is 0 Å². The lowest BCUT2D eigenvalue weighted by Gasteiger charge is -2.08. The third kappa shape index (κ3) is 3.13. The van der Waals surface area contributed by atoms with Crippen molar-refractivity contribution >= 4 is 0 Å². The van der Waals surface area contributed by atoms with Gasteiger partial charge in [0.15, 0.2) is 0 Å². The molecule has 2 aromatic heterocycles. The summed E-state index contributed by atoms with van der Waals surface area (Å²) in [5.74, 6) is 0. The minimum absolute atomic E-state index is 0.967. The Balaban J connectivity index is 1.95. The van der Waals surface area contributed by atoms with Gasteiger partial charge >= 0.3 is 0 Å². The van der Waals surface area contributed by atoms with Crippen LogP contribution in [-0.2, 0) is 12.8 Å². The van der Waals surface area contributed by atoms with E-state index >= 15 is 0 Å². The summed E-state index contributed by atoms with van der Waals surface area (Å²) in [7, 11) is 0. The zero-order chi connectivity index (χ0) is 12.1. The van der Waals surface area contributed by atoms with E-state index in [-0.39, 0.29) is 0 Å². The molecule has 0 unspecified atom stereocenters. The van der Waals surface area contributed by atoms with Crippen LogP contribution in [0.15, 0.2) is 36.9 Å². The van der Waals surface area contributed by atoms with Gasteiger partial charge in [-0.15, -0.1) is 0 Å². The van der Waals surface area contributed by atoms with Crippen molar-refractivity contribution in [2.24, 2.45) is 0 Å². The Labute approximate surface area is 103 Å². The topological polar surface area (TPSA) is 25.8 Å². The first-order valence-electron chi connectivity index (χ1n) is 5.88. The summed E-state index contributed by atoms with van der Waals surface area (Å²) >= 11 is 0. The maximum absolute atomic E-state index is 4.19. The Kier molecular flexibility index (Phi) is 3.86. The molecule has 2 heteroatoms. The molecule has 0 aliphatic heterocycles. The van der Waals surface area contributed by atoms with Crippen molar-refractivity contribution in [1.29, 1.82) is 0 Å². The maximum atomic E-state index is 4.19. The standard InChI is InChI=1S/C15H17N2/c1-12-9-17-10-13(2)15(12)7-3-5-14-6-4-8-16-11-14/h3-4,6,8-11H,5,7H2,1-2H3. The molecule has 2 aromatic rings. The van der Waals surface area contributed by atoms with Crippen LogP contribution in [0.5, 0.6) is 0 Å². The van der Waals surface area contributed by atoms with Gasteiger partial charge in [0.1, 0.15) is 0 Å². The number of nitrogens with zero attached hydrogens (tertiary/aromatic N) is 2. The Morgan fingerprint density at radius 3 is 2.41 bits per heavy atom. The molecule has 87 valence electrons. The van der Waals surface area contributed by atoms with Crippen LogP contribution in [0, 0.1) is 20.3 Å². The largest absolute Gasteiger partial charge is 0.264 e. The zero-order valence-corrected chi connectivity index (χ0v) is 10.4. The van der Waals surface area contributed by atoms with Crippen molar-refractivity contribution in [3.8, 4) is 0 Å². The minimum atomic E-state index is 0.967. The van der Waals surface area contributed by atoms with Crippen LogP contribution in [0.2, 0.25) is 0 Å². The molecule has 0 saturated carbocycles. The number of aryl methyl sites for hydroxylation is 2. The average Bonchev–Trinajstić information content (AvgIpc) is 2.34. The quantitative estimate of drug-likeness (QED) is 0.799. The minimum Gasteiger partial charge on any atom is -0.264 e. The lowest BCUT2D eigenvalue weighted by molar-refractivity contribution is 0.985. The third-order valence-electron chi connectivity index (χ3n) is 2.94. The Bertz CT molecular complexity index is 457. The fourth-order valence-electron chi connectivity index (χ4n) is 1.95. The molecule has 0 spiro atoms. The van der Waals surface area contributed by atoms with Crippen LogP contribution in [-0.4, -0.2) is 9.97 Å². The Hall–Kier alpha value is -1.70. The number of hydrogen-bond donors (Lipinski definition) is 0. The fourth-order valence-corrected chi connectivity index (χ4v) is 1.95. The van der Waals surface area contributed by atoms with Crippen molar-refractivity contribution < 1.29 is 0 Å². The predicted octanol–water partition coefficient (Wildman–Crippen LogP) is 3.08. The summed E-state index contributed by atoms with van der Waals surface area (Å²) in [6, 6.07) is 4.09. The highest BCUT2D eigenvalue weighted by atomic mass is 14.6. The molecule has 2 rings (SSSR count). The molecule has 0 N–H and O–H groups in total. The molecule has 0 amide bonds. The van der Waals surface area contributed by atoms with E-state index in [1.165, 1.54) is 22.3 Å². The molecule has 0 bridgehead atoms. The van der Waals surface area contributed by atoms with E-state index in [2.05, 4.69) is 36.3 Å². The van der Waals surface area contributed by atoms with Crippen molar-refractivity contribution in [3.63, 3.8) is 0 Å². The van der Waals surface area contributed by atoms with Crippen LogP contribution in [0.1, 0.15) is 22.3 Å². The molecular formula is C15H17N2. The Morgan fingerprint density at radius 2 is 1.76 bits per heavy atom. The average molecular weight is 225 g/mol. The summed E-state index contributed by atoms with van der Waals surface area (Å²) in [6.07, 6.45) is 11.8. The molecule has 17 heavy (non-hydrogen) atoms. The van der Waals surface area contributed by atoms with Crippen LogP contribution >= 0.6 is 0 Å². The summed E-state index contributed by atoms with van der Waals surface area (Å²) in [5.41, 5.74) is 5.20. The molecule has 1 radical (unpaired) electrons. The van der Waals surface area contributed by atoms with Gasteiger partial charge in [0, 0.05) is 24.8 Å². The highest BCUT2D eigenvalue weighted by Crippen LogP contribution is 2.14. The second-order valence-corrected chi connectivity index (χ2v) is 4.31. The second-order valence-electron chi connectivity index (χ2n) is 4.31. The maximum Gasteiger partial charge on any atom is 0.0300 e. The number of hydrogen-bond acceptors (Lipinski definition) is 2. The SMILES string of the molecule is Cc1cncc(C)c1C[CH]Cc1cccnc1. The van der Waals surface area contributed by atoms with Gasteiger partial charge < -0.3 is 0 Å². The van der Waals surface area contributed by atoms with Crippen molar-refractivity contribution in [3.05, 3.63) is 65.6 Å². The van der Waals surface area contributed by atoms with Gasteiger partial charge in [-0.1, -0.05) is 6.07 Å². The van der Waals surface area contributed by atoms with E-state index in [9.17, 15) is 0 Å². The molecule has 0 saturated heterocycles. The van der Waals surface area contributed by atoms with E-state index in [0.29, 0.717) is 0 Å². The van der Waals surface area contributed by atoms with E-state index in [0.717, 1.165) is 12.8 Å². The molecule has 0 fully saturated rings. The van der Waals surface area contributed by atoms with E-state index in [1.807, 2.05) is 24.7 Å². The molecule has 0 aromatic carbocycles. The van der Waals surface area contributed by atoms with Gasteiger partial charge in [0.2, 0.25) is 0 Å². The van der Waals surface area contributed by atoms with Gasteiger partial charge in [-0.2, -0.15) is 0 Å². The summed E-state index contributed by atoms with van der Waals surface area (Å²) in [5, 5.41) is 0. The second kappa shape index (κ2) is 5.58. The number of rotatable bonds is 4. The lowest BCUT2D eigenvalue weighted by Crippen LogP contribution is -1.98. The number of pyridine rings is 2. The van der Waals surface area contributed by atoms with E-state index in [4.69, 9.17) is 0 Å². The predicted molar refractivity (Wildman–Crippen MR) is 69.7 cm³/mol. The summed E-state index contributed by atoms with van der Waals surface area (Å²) in [4.78, 5) is 8.30. The van der Waals surface area contributed by atoms with Gasteiger partial charge in [0.05, 0.1) is 0 Å². The molecule has 2 heterocycles. The fraction of sp³-hybridized carbons (Fsp3) is 0.267. The van der Waals surface area contributed by atoms with Crippen molar-refractivity contribution in [2.45, 2.75) is 26.7 Å². The third-order valence-corrected chi connectivity index (χ3v) is 2.94. The highest BCUT2D eigenvalue weighted by Gasteiger charge is 2.03. The van der Waals surface area contributed by atoms with Gasteiger partial charge in [-0.3, -0.25) is 9.97 Å². The van der Waals surface area contributed by atoms with Crippen molar-refractivity contribution in [1.82, 2.24) is 9.97 Å². The van der Waals surface area contributed by atoms with Gasteiger partial charge in [-0.05, 0) is 61.4 Å². The molecular weight excluding hydrogens is 208 g/mol. The van der Waals surface area contributed by atoms with E-state index in [1.54, 1.807) is 6.20 Å². The van der Waals surface area contributed by atoms with E-state index < -0.39 is 0 Å². The lowest BCUT2D eigenvalue weighted by atomic mass is 9.99. The normalized spacial score (nSPS) is 10.5. The molecule has 2 nitrogen and oxygen atoms in total. The first kappa shape index (κ1) is 11.8. The number of aromatic nitrogens is 2. The molecule has 0 aliphatic carbocycles. The Morgan fingerprint density at radius 1 is 1.00 bits per heavy atom. The van der Waals surface area contributed by atoms with Crippen LogP contribution in [0.4, 0.5) is 0 Å². The van der Waals surface area contributed by atoms with Crippen molar-refractivity contribution in [2.75, 3.05) is 0 Å². The molecule has 0 atom stereocenters. The van der Waals surface area contributed by atoms with Crippen LogP contribution in [0.3, 0.4) is 0 Å². The van der Waals surface area contributed by atoms with Crippen LogP contribution in [0.25, 0.3) is 0 Å². The first-order valence-corrected chi connectivity index (χ1v) is 5.88. The molecule has 0 aliphatic rings. The summed E-state index contributed by atoms with van der Waals surface area (Å²) < 4.78 is 0. The van der Waals surface area contributed by atoms with Gasteiger partial charge in [0.25, 0.3) is 0 Å². The first-order chi connectivity index (χ1) is 8.27.